The van der Waals surface area contributed by atoms with Crippen LogP contribution in [0.15, 0.2) is 54.7 Å². The van der Waals surface area contributed by atoms with Crippen molar-refractivity contribution in [1.29, 1.82) is 0 Å². The zero-order valence-corrected chi connectivity index (χ0v) is 8.51. The van der Waals surface area contributed by atoms with Gasteiger partial charge < -0.3 is 0 Å². The van der Waals surface area contributed by atoms with Gasteiger partial charge in [0.05, 0.1) is 5.69 Å². The van der Waals surface area contributed by atoms with Crippen molar-refractivity contribution >= 4 is 5.78 Å². The first-order chi connectivity index (χ1) is 7.79. The molecule has 0 saturated carbocycles. The molecule has 3 heteroatoms. The van der Waals surface area contributed by atoms with Crippen LogP contribution in [0.2, 0.25) is 0 Å². The number of hydrogen-bond donors (Lipinski definition) is 0. The van der Waals surface area contributed by atoms with E-state index in [9.17, 15) is 9.18 Å². The van der Waals surface area contributed by atoms with Crippen molar-refractivity contribution in [1.82, 2.24) is 4.98 Å². The SMILES string of the molecule is O=C(c1ccccc1)C(F)c1ccccn1. The van der Waals surface area contributed by atoms with Crippen LogP contribution in [0.3, 0.4) is 0 Å². The number of carbonyl (C=O) groups is 1. The molecule has 1 aromatic heterocycles. The van der Waals surface area contributed by atoms with Crippen LogP contribution in [0.1, 0.15) is 22.2 Å². The van der Waals surface area contributed by atoms with Crippen LogP contribution in [0.4, 0.5) is 4.39 Å². The summed E-state index contributed by atoms with van der Waals surface area (Å²) in [5.74, 6) is -0.556. The van der Waals surface area contributed by atoms with Gasteiger partial charge in [0.1, 0.15) is 0 Å². The fraction of sp³-hybridized carbons (Fsp3) is 0.0769. The van der Waals surface area contributed by atoms with E-state index in [1.807, 2.05) is 0 Å². The monoisotopic (exact) mass is 215 g/mol. The summed E-state index contributed by atoms with van der Waals surface area (Å²) in [5.41, 5.74) is 0.511. The summed E-state index contributed by atoms with van der Waals surface area (Å²) in [6.07, 6.45) is -0.219. The lowest BCUT2D eigenvalue weighted by Crippen LogP contribution is -2.09. The number of halogens is 1. The second kappa shape index (κ2) is 4.66. The minimum Gasteiger partial charge on any atom is -0.290 e. The van der Waals surface area contributed by atoms with E-state index in [-0.39, 0.29) is 5.69 Å². The predicted molar refractivity (Wildman–Crippen MR) is 58.9 cm³/mol. The number of rotatable bonds is 3. The summed E-state index contributed by atoms with van der Waals surface area (Å²) in [6.45, 7) is 0. The fourth-order valence-corrected chi connectivity index (χ4v) is 1.41. The van der Waals surface area contributed by atoms with Crippen molar-refractivity contribution in [2.75, 3.05) is 0 Å². The number of Topliss-reactive ketones (excluding diaryl/α,β-unsaturated/α-hetero) is 1. The van der Waals surface area contributed by atoms with Crippen molar-refractivity contribution in [3.05, 3.63) is 66.0 Å². The number of hydrogen-bond acceptors (Lipinski definition) is 2. The van der Waals surface area contributed by atoms with Crippen LogP contribution in [-0.4, -0.2) is 10.8 Å². The molecule has 1 aromatic carbocycles. The molecule has 0 N–H and O–H groups in total. The average molecular weight is 215 g/mol. The van der Waals surface area contributed by atoms with Gasteiger partial charge in [-0.1, -0.05) is 36.4 Å². The lowest BCUT2D eigenvalue weighted by molar-refractivity contribution is 0.0874. The molecule has 2 aromatic rings. The topological polar surface area (TPSA) is 30.0 Å². The number of benzene rings is 1. The molecule has 80 valence electrons. The van der Waals surface area contributed by atoms with Gasteiger partial charge in [-0.25, -0.2) is 4.39 Å². The lowest BCUT2D eigenvalue weighted by atomic mass is 10.0. The highest BCUT2D eigenvalue weighted by molar-refractivity contribution is 5.99. The quantitative estimate of drug-likeness (QED) is 0.737. The van der Waals surface area contributed by atoms with Gasteiger partial charge in [0.25, 0.3) is 0 Å². The summed E-state index contributed by atoms with van der Waals surface area (Å²) < 4.78 is 13.8. The molecule has 0 saturated heterocycles. The third-order valence-electron chi connectivity index (χ3n) is 2.24. The molecule has 0 spiro atoms. The second-order valence-corrected chi connectivity index (χ2v) is 3.35. The van der Waals surface area contributed by atoms with E-state index in [0.717, 1.165) is 0 Å². The molecular formula is C13H10FNO. The molecule has 0 bridgehead atoms. The maximum atomic E-state index is 13.8. The van der Waals surface area contributed by atoms with Gasteiger partial charge in [0, 0.05) is 11.8 Å². The molecule has 1 atom stereocenters. The second-order valence-electron chi connectivity index (χ2n) is 3.35. The highest BCUT2D eigenvalue weighted by atomic mass is 19.1. The Kier molecular flexibility index (Phi) is 3.05. The van der Waals surface area contributed by atoms with E-state index < -0.39 is 12.0 Å². The maximum absolute atomic E-state index is 13.8. The molecule has 16 heavy (non-hydrogen) atoms. The molecule has 2 nitrogen and oxygen atoms in total. The Bertz CT molecular complexity index is 470. The average Bonchev–Trinajstić information content (AvgIpc) is 2.39. The van der Waals surface area contributed by atoms with Gasteiger partial charge in [0.2, 0.25) is 12.0 Å². The molecule has 0 aliphatic carbocycles. The summed E-state index contributed by atoms with van der Waals surface area (Å²) >= 11 is 0. The number of pyridine rings is 1. The Morgan fingerprint density at radius 3 is 2.38 bits per heavy atom. The standard InChI is InChI=1S/C13H10FNO/c14-12(11-8-4-5-9-15-11)13(16)10-6-2-1-3-7-10/h1-9,12H. The number of ketones is 1. The van der Waals surface area contributed by atoms with Gasteiger partial charge in [-0.3, -0.25) is 9.78 Å². The number of carbonyl (C=O) groups excluding carboxylic acids is 1. The highest BCUT2D eigenvalue weighted by Crippen LogP contribution is 2.19. The van der Waals surface area contributed by atoms with Gasteiger partial charge in [0.15, 0.2) is 0 Å². The van der Waals surface area contributed by atoms with Crippen LogP contribution in [0.5, 0.6) is 0 Å². The summed E-state index contributed by atoms with van der Waals surface area (Å²) in [6, 6.07) is 13.2. The third-order valence-corrected chi connectivity index (χ3v) is 2.24. The van der Waals surface area contributed by atoms with E-state index in [1.165, 1.54) is 12.3 Å². The molecule has 1 heterocycles. The van der Waals surface area contributed by atoms with Gasteiger partial charge in [-0.15, -0.1) is 0 Å². The predicted octanol–water partition coefficient (Wildman–Crippen LogP) is 2.98. The smallest absolute Gasteiger partial charge is 0.204 e. The summed E-state index contributed by atoms with van der Waals surface area (Å²) in [4.78, 5) is 15.6. The normalized spacial score (nSPS) is 12.1. The Balaban J connectivity index is 2.24. The van der Waals surface area contributed by atoms with Crippen molar-refractivity contribution in [2.24, 2.45) is 0 Å². The van der Waals surface area contributed by atoms with E-state index in [2.05, 4.69) is 4.98 Å². The van der Waals surface area contributed by atoms with Crippen molar-refractivity contribution in [3.8, 4) is 0 Å². The van der Waals surface area contributed by atoms with E-state index in [4.69, 9.17) is 0 Å². The first-order valence-electron chi connectivity index (χ1n) is 4.93. The molecule has 0 amide bonds. The van der Waals surface area contributed by atoms with Crippen molar-refractivity contribution in [3.63, 3.8) is 0 Å². The molecule has 2 rings (SSSR count). The van der Waals surface area contributed by atoms with Crippen LogP contribution < -0.4 is 0 Å². The van der Waals surface area contributed by atoms with Crippen LogP contribution >= 0.6 is 0 Å². The summed E-state index contributed by atoms with van der Waals surface area (Å²) in [5, 5.41) is 0. The van der Waals surface area contributed by atoms with E-state index in [1.54, 1.807) is 42.5 Å². The van der Waals surface area contributed by atoms with Gasteiger partial charge >= 0.3 is 0 Å². The third kappa shape index (κ3) is 2.14. The van der Waals surface area contributed by atoms with Gasteiger partial charge in [-0.2, -0.15) is 0 Å². The maximum Gasteiger partial charge on any atom is 0.204 e. The Morgan fingerprint density at radius 1 is 1.06 bits per heavy atom. The van der Waals surface area contributed by atoms with Crippen LogP contribution in [-0.2, 0) is 0 Å². The molecule has 0 radical (unpaired) electrons. The molecule has 1 unspecified atom stereocenters. The number of aromatic nitrogens is 1. The van der Waals surface area contributed by atoms with Gasteiger partial charge in [-0.05, 0) is 12.1 Å². The van der Waals surface area contributed by atoms with E-state index >= 15 is 0 Å². The largest absolute Gasteiger partial charge is 0.290 e. The van der Waals surface area contributed by atoms with Crippen LogP contribution in [0.25, 0.3) is 0 Å². The number of nitrogens with zero attached hydrogens (tertiary/aromatic N) is 1. The fourth-order valence-electron chi connectivity index (χ4n) is 1.41. The molecule has 0 aliphatic heterocycles. The first kappa shape index (κ1) is 10.5. The van der Waals surface area contributed by atoms with E-state index in [0.29, 0.717) is 5.56 Å². The van der Waals surface area contributed by atoms with Crippen LogP contribution in [0, 0.1) is 0 Å². The molecular weight excluding hydrogens is 205 g/mol. The van der Waals surface area contributed by atoms with Crippen molar-refractivity contribution in [2.45, 2.75) is 6.17 Å². The highest BCUT2D eigenvalue weighted by Gasteiger charge is 2.21. The molecule has 0 fully saturated rings. The van der Waals surface area contributed by atoms with Crippen molar-refractivity contribution < 1.29 is 9.18 Å². The lowest BCUT2D eigenvalue weighted by Gasteiger charge is -2.06. The Hall–Kier alpha value is -2.03. The minimum atomic E-state index is -1.69. The minimum absolute atomic E-state index is 0.149. The first-order valence-corrected chi connectivity index (χ1v) is 4.93. The Morgan fingerprint density at radius 2 is 1.75 bits per heavy atom. The summed E-state index contributed by atoms with van der Waals surface area (Å²) in [7, 11) is 0. The zero-order valence-electron chi connectivity index (χ0n) is 8.51. The molecule has 0 aliphatic rings. The zero-order chi connectivity index (χ0) is 11.4. The Labute approximate surface area is 92.8 Å². The number of alkyl halides is 1.